The van der Waals surface area contributed by atoms with Crippen molar-refractivity contribution in [1.82, 2.24) is 46.4 Å². The number of hydrogen-bond donors (Lipinski definition) is 8. The van der Waals surface area contributed by atoms with Crippen molar-refractivity contribution in [3.05, 3.63) is 107 Å². The third kappa shape index (κ3) is 16.5. The van der Waals surface area contributed by atoms with Crippen molar-refractivity contribution in [2.75, 3.05) is 50.7 Å². The number of sulfonamides is 1. The van der Waals surface area contributed by atoms with Crippen LogP contribution in [0.5, 0.6) is 0 Å². The van der Waals surface area contributed by atoms with Crippen LogP contribution in [-0.2, 0) is 51.9 Å². The molecule has 3 aromatic rings. The minimum Gasteiger partial charge on any atom is -0.391 e. The molecule has 9 atom stereocenters. The van der Waals surface area contributed by atoms with Crippen LogP contribution in [0.4, 0.5) is 0 Å². The molecule has 5 unspecified atom stereocenters. The van der Waals surface area contributed by atoms with E-state index in [1.54, 1.807) is 24.3 Å². The summed E-state index contributed by atoms with van der Waals surface area (Å²) in [7, 11) is -3.47. The third-order valence-electron chi connectivity index (χ3n) is 14.2. The van der Waals surface area contributed by atoms with E-state index in [1.165, 1.54) is 26.5 Å². The zero-order chi connectivity index (χ0) is 54.6. The number of nitrogens with zero attached hydrogens (tertiary/aromatic N) is 2. The zero-order valence-electron chi connectivity index (χ0n) is 44.0. The van der Waals surface area contributed by atoms with E-state index in [2.05, 4.69) is 56.3 Å². The predicted molar refractivity (Wildman–Crippen MR) is 294 cm³/mol. The van der Waals surface area contributed by atoms with Gasteiger partial charge in [-0.3, -0.25) is 34.1 Å². The second-order valence-corrected chi connectivity index (χ2v) is 25.5. The first kappa shape index (κ1) is 58.6. The summed E-state index contributed by atoms with van der Waals surface area (Å²) in [6, 6.07) is 22.4. The SMILES string of the molecule is CC1NCSC1c1ccc(CNC(=O)[C@@H]2C[C@@H](O)CN2C(=O)[C@@H](NC(=O)CCCCCNC(=O)c2ccc(COC[C@H](NC(=O)C3CCN(S(C)(=O)=O)C3)C(=O)NC3NC(c4ccccc4)CS3)cc2)C(C)(C)C)cc1. The lowest BCUT2D eigenvalue weighted by Crippen LogP contribution is -2.57. The minimum atomic E-state index is -3.47. The number of benzene rings is 3. The average Bonchev–Trinajstić information content (AvgIpc) is 4.24. The van der Waals surface area contributed by atoms with E-state index < -0.39 is 68.8 Å². The molecule has 414 valence electrons. The van der Waals surface area contributed by atoms with Gasteiger partial charge in [-0.1, -0.05) is 93.9 Å². The fourth-order valence-electron chi connectivity index (χ4n) is 9.71. The molecule has 0 aliphatic carbocycles. The highest BCUT2D eigenvalue weighted by Gasteiger charge is 2.44. The van der Waals surface area contributed by atoms with Gasteiger partial charge in [0.1, 0.15) is 23.6 Å². The second-order valence-electron chi connectivity index (χ2n) is 21.2. The second kappa shape index (κ2) is 27.0. The number of hydrogen-bond acceptors (Lipinski definition) is 14. The van der Waals surface area contributed by atoms with Crippen LogP contribution in [0.25, 0.3) is 0 Å². The highest BCUT2D eigenvalue weighted by atomic mass is 32.2. The molecule has 4 saturated heterocycles. The number of unbranched alkanes of at least 4 members (excludes halogenated alkanes) is 2. The maximum absolute atomic E-state index is 14.1. The van der Waals surface area contributed by atoms with Gasteiger partial charge < -0.3 is 46.6 Å². The number of carbonyl (C=O) groups is 6. The number of nitrogens with one attached hydrogen (secondary N) is 7. The van der Waals surface area contributed by atoms with Gasteiger partial charge in [0, 0.05) is 80.1 Å². The number of thioether (sulfide) groups is 2. The summed E-state index contributed by atoms with van der Waals surface area (Å²) in [6.07, 6.45) is 2.60. The van der Waals surface area contributed by atoms with Gasteiger partial charge in [0.05, 0.1) is 31.5 Å². The van der Waals surface area contributed by atoms with Crippen molar-refractivity contribution in [3.63, 3.8) is 0 Å². The van der Waals surface area contributed by atoms with E-state index in [1.807, 2.05) is 75.0 Å². The van der Waals surface area contributed by atoms with Crippen molar-refractivity contribution >= 4 is 69.0 Å². The Morgan fingerprint density at radius 3 is 2.25 bits per heavy atom. The molecule has 0 bridgehead atoms. The Bertz CT molecular complexity index is 2590. The normalized spacial score (nSPS) is 23.7. The van der Waals surface area contributed by atoms with Crippen LogP contribution in [-0.4, -0.2) is 145 Å². The predicted octanol–water partition coefficient (Wildman–Crippen LogP) is 3.27. The molecule has 4 fully saturated rings. The Balaban J connectivity index is 0.815. The highest BCUT2D eigenvalue weighted by molar-refractivity contribution is 8.00. The van der Waals surface area contributed by atoms with Crippen LogP contribution in [0, 0.1) is 11.3 Å². The summed E-state index contributed by atoms with van der Waals surface area (Å²) in [5, 5.41) is 32.4. The molecule has 4 aliphatic heterocycles. The lowest BCUT2D eigenvalue weighted by Gasteiger charge is -2.35. The lowest BCUT2D eigenvalue weighted by atomic mass is 9.85. The smallest absolute Gasteiger partial charge is 0.251 e. The highest BCUT2D eigenvalue weighted by Crippen LogP contribution is 2.36. The van der Waals surface area contributed by atoms with Crippen molar-refractivity contribution in [2.24, 2.45) is 11.3 Å². The largest absolute Gasteiger partial charge is 0.391 e. The minimum absolute atomic E-state index is 0.0120. The molecule has 7 rings (SSSR count). The van der Waals surface area contributed by atoms with Crippen molar-refractivity contribution in [2.45, 2.75) is 126 Å². The summed E-state index contributed by atoms with van der Waals surface area (Å²) >= 11 is 3.40. The number of β-amino-alcohol motifs (C(OH)–C–C–N with tert-alkyl or cyclic N) is 1. The molecule has 0 radical (unpaired) electrons. The standard InChI is InChI=1S/C54H75N9O10S3/c1-34-46(75-33-57-34)38-19-15-35(16-20-38)27-56-51(69)44-26-41(64)29-63(44)52(70)47(54(2,3)4)60-45(65)14-10-7-11-24-55-48(66)39-21-17-36(18-22-39)30-73-31-42(58-49(67)40-23-25-62(28-40)76(5,71)72)50(68)61-53-59-43(32-74-53)37-12-8-6-9-13-37/h6,8-9,12-13,15-22,34,40-44,46-47,53,57,59,64H,7,10-11,14,23-33H2,1-5H3,(H,55,66)(H,56,69)(H,58,67)(H,60,65)(H,61,68)/t34?,40?,41-,42+,43?,44+,46?,47-,53?/m1/s1. The van der Waals surface area contributed by atoms with Crippen LogP contribution < -0.4 is 37.2 Å². The number of ether oxygens (including phenoxy) is 1. The van der Waals surface area contributed by atoms with Crippen LogP contribution in [0.2, 0.25) is 0 Å². The van der Waals surface area contributed by atoms with Gasteiger partial charge in [-0.2, -0.15) is 0 Å². The van der Waals surface area contributed by atoms with E-state index in [9.17, 15) is 42.3 Å². The number of aliphatic hydroxyl groups excluding tert-OH is 1. The zero-order valence-corrected chi connectivity index (χ0v) is 46.5. The Morgan fingerprint density at radius 1 is 0.855 bits per heavy atom. The summed E-state index contributed by atoms with van der Waals surface area (Å²) in [5.74, 6) is -1.20. The van der Waals surface area contributed by atoms with E-state index >= 15 is 0 Å². The van der Waals surface area contributed by atoms with Crippen LogP contribution >= 0.6 is 23.5 Å². The number of rotatable bonds is 23. The van der Waals surface area contributed by atoms with Crippen molar-refractivity contribution in [1.29, 1.82) is 0 Å². The number of amides is 6. The van der Waals surface area contributed by atoms with E-state index in [-0.39, 0.29) is 76.0 Å². The van der Waals surface area contributed by atoms with Crippen LogP contribution in [0.15, 0.2) is 78.9 Å². The van der Waals surface area contributed by atoms with Gasteiger partial charge in [-0.05, 0) is 66.0 Å². The number of carbonyl (C=O) groups excluding carboxylic acids is 6. The first-order valence-electron chi connectivity index (χ1n) is 26.2. The van der Waals surface area contributed by atoms with Crippen molar-refractivity contribution < 1.29 is 47.0 Å². The molecule has 4 aliphatic rings. The number of aliphatic hydroxyl groups is 1. The molecule has 76 heavy (non-hydrogen) atoms. The molecule has 3 aromatic carbocycles. The van der Waals surface area contributed by atoms with Crippen LogP contribution in [0.3, 0.4) is 0 Å². The van der Waals surface area contributed by atoms with Gasteiger partial charge in [0.15, 0.2) is 0 Å². The molecule has 22 heteroatoms. The van der Waals surface area contributed by atoms with Gasteiger partial charge in [0.25, 0.3) is 5.91 Å². The van der Waals surface area contributed by atoms with Crippen LogP contribution in [0.1, 0.15) is 110 Å². The Morgan fingerprint density at radius 2 is 1.58 bits per heavy atom. The molecular weight excluding hydrogens is 1030 g/mol. The summed E-state index contributed by atoms with van der Waals surface area (Å²) in [5.41, 5.74) is 3.32. The first-order valence-corrected chi connectivity index (χ1v) is 30.1. The fraction of sp³-hybridized carbons (Fsp3) is 0.556. The molecule has 0 spiro atoms. The van der Waals surface area contributed by atoms with E-state index in [0.717, 1.165) is 34.6 Å². The maximum atomic E-state index is 14.1. The quantitative estimate of drug-likeness (QED) is 0.0635. The molecular formula is C54H75N9O10S3. The Labute approximate surface area is 455 Å². The average molecular weight is 1110 g/mol. The monoisotopic (exact) mass is 1110 g/mol. The van der Waals surface area contributed by atoms with Gasteiger partial charge in [0.2, 0.25) is 39.6 Å². The lowest BCUT2D eigenvalue weighted by molar-refractivity contribution is -0.144. The summed E-state index contributed by atoms with van der Waals surface area (Å²) in [6.45, 7) is 8.54. The van der Waals surface area contributed by atoms with E-state index in [4.69, 9.17) is 4.74 Å². The third-order valence-corrected chi connectivity index (χ3v) is 18.0. The molecule has 4 heterocycles. The number of likely N-dealkylation sites (tertiary alicyclic amines) is 1. The summed E-state index contributed by atoms with van der Waals surface area (Å²) in [4.78, 5) is 82.2. The molecule has 6 amide bonds. The molecule has 0 aromatic heterocycles. The topological polar surface area (TPSA) is 257 Å². The Hall–Kier alpha value is -5.07. The van der Waals surface area contributed by atoms with Gasteiger partial charge in [-0.25, -0.2) is 12.7 Å². The molecule has 19 nitrogen and oxygen atoms in total. The first-order chi connectivity index (χ1) is 36.2. The van der Waals surface area contributed by atoms with Gasteiger partial charge in [-0.15, -0.1) is 23.5 Å². The molecule has 0 saturated carbocycles. The van der Waals surface area contributed by atoms with E-state index in [0.29, 0.717) is 49.1 Å². The summed E-state index contributed by atoms with van der Waals surface area (Å²) < 4.78 is 31.4. The molecule has 8 N–H and O–H groups in total. The Kier molecular flexibility index (Phi) is 20.8. The fourth-order valence-corrected chi connectivity index (χ4v) is 13.0. The van der Waals surface area contributed by atoms with Crippen molar-refractivity contribution in [3.8, 4) is 0 Å². The maximum Gasteiger partial charge on any atom is 0.251 e. The van der Waals surface area contributed by atoms with Gasteiger partial charge >= 0.3 is 0 Å².